The van der Waals surface area contributed by atoms with Gasteiger partial charge in [0.05, 0.1) is 0 Å². The van der Waals surface area contributed by atoms with Crippen LogP contribution in [0.25, 0.3) is 0 Å². The molecular weight excluding hydrogens is 338 g/mol. The fraction of sp³-hybridized carbons (Fsp3) is 0.913. The summed E-state index contributed by atoms with van der Waals surface area (Å²) >= 11 is 0. The molecule has 0 spiro atoms. The van der Waals surface area contributed by atoms with Crippen LogP contribution in [0.4, 0.5) is 0 Å². The summed E-state index contributed by atoms with van der Waals surface area (Å²) in [4.78, 5) is 24.9. The zero-order chi connectivity index (χ0) is 19.6. The minimum atomic E-state index is -0.166. The molecule has 4 fully saturated rings. The monoisotopic (exact) mass is 375 g/mol. The average molecular weight is 376 g/mol. The van der Waals surface area contributed by atoms with Gasteiger partial charge in [0, 0.05) is 23.3 Å². The van der Waals surface area contributed by atoms with Crippen molar-refractivity contribution in [3.05, 3.63) is 0 Å². The molecule has 4 heteroatoms. The van der Waals surface area contributed by atoms with Crippen molar-refractivity contribution in [1.82, 2.24) is 5.32 Å². The van der Waals surface area contributed by atoms with Gasteiger partial charge < -0.3 is 10.1 Å². The molecular formula is C23H37NO3. The largest absolute Gasteiger partial charge is 0.462 e. The summed E-state index contributed by atoms with van der Waals surface area (Å²) in [5, 5.41) is 3.25. The van der Waals surface area contributed by atoms with E-state index in [1.165, 1.54) is 12.8 Å². The second-order valence-electron chi connectivity index (χ2n) is 11.4. The van der Waals surface area contributed by atoms with Gasteiger partial charge in [0.15, 0.2) is 0 Å². The SMILES string of the molecule is CC(C)(C)NC(=O)C1CC[C@H]2[C@@H]3CCC4OC(=O)CC[C@]4(C)[C@@H]3CC[C@]12C. The summed E-state index contributed by atoms with van der Waals surface area (Å²) in [6.07, 6.45) is 8.37. The quantitative estimate of drug-likeness (QED) is 0.688. The second-order valence-corrected chi connectivity index (χ2v) is 11.4. The van der Waals surface area contributed by atoms with Crippen LogP contribution >= 0.6 is 0 Å². The molecule has 2 unspecified atom stereocenters. The molecule has 7 atom stereocenters. The number of fused-ring (bicyclic) bond motifs is 5. The number of rotatable bonds is 1. The molecule has 3 saturated carbocycles. The molecule has 27 heavy (non-hydrogen) atoms. The molecule has 0 aromatic rings. The first kappa shape index (κ1) is 19.3. The van der Waals surface area contributed by atoms with Gasteiger partial charge in [-0.25, -0.2) is 0 Å². The number of hydrogen-bond acceptors (Lipinski definition) is 3. The summed E-state index contributed by atoms with van der Waals surface area (Å²) in [7, 11) is 0. The van der Waals surface area contributed by atoms with Gasteiger partial charge in [0.25, 0.3) is 0 Å². The number of amides is 1. The van der Waals surface area contributed by atoms with E-state index in [9.17, 15) is 9.59 Å². The molecule has 4 aliphatic rings. The van der Waals surface area contributed by atoms with Gasteiger partial charge in [-0.2, -0.15) is 0 Å². The Balaban J connectivity index is 1.55. The predicted molar refractivity (Wildman–Crippen MR) is 105 cm³/mol. The van der Waals surface area contributed by atoms with E-state index in [2.05, 4.69) is 39.9 Å². The standard InChI is InChI=1S/C23H37NO3/c1-21(2,3)24-20(26)17-8-7-15-14-6-9-18-23(5,13-11-19(25)27-18)16(14)10-12-22(15,17)4/h14-18H,6-13H2,1-5H3,(H,24,26)/t14-,15-,16+,17?,18?,22-,23+/m0/s1. The average Bonchev–Trinajstić information content (AvgIpc) is 2.91. The van der Waals surface area contributed by atoms with Crippen LogP contribution in [0.15, 0.2) is 0 Å². The normalized spacial score (nSPS) is 46.7. The lowest BCUT2D eigenvalue weighted by Crippen LogP contribution is -2.57. The zero-order valence-electron chi connectivity index (χ0n) is 17.8. The van der Waals surface area contributed by atoms with E-state index < -0.39 is 0 Å². The van der Waals surface area contributed by atoms with Crippen LogP contribution in [0.2, 0.25) is 0 Å². The Bertz CT molecular complexity index is 638. The fourth-order valence-corrected chi connectivity index (χ4v) is 7.44. The second kappa shape index (κ2) is 6.22. The van der Waals surface area contributed by atoms with E-state index in [0.29, 0.717) is 24.2 Å². The van der Waals surface area contributed by atoms with Crippen LogP contribution in [-0.4, -0.2) is 23.5 Å². The third-order valence-electron chi connectivity index (χ3n) is 8.74. The van der Waals surface area contributed by atoms with Crippen LogP contribution in [0.1, 0.15) is 86.0 Å². The molecule has 1 amide bonds. The van der Waals surface area contributed by atoms with Gasteiger partial charge in [-0.1, -0.05) is 13.8 Å². The molecule has 1 saturated heterocycles. The molecule has 1 N–H and O–H groups in total. The van der Waals surface area contributed by atoms with Gasteiger partial charge in [0.2, 0.25) is 5.91 Å². The summed E-state index contributed by atoms with van der Waals surface area (Å²) in [6.45, 7) is 11.0. The predicted octanol–water partition coefficient (Wildman–Crippen LogP) is 4.47. The van der Waals surface area contributed by atoms with Crippen molar-refractivity contribution in [3.8, 4) is 0 Å². The van der Waals surface area contributed by atoms with Gasteiger partial charge >= 0.3 is 5.97 Å². The maximum absolute atomic E-state index is 13.0. The lowest BCUT2D eigenvalue weighted by atomic mass is 9.47. The molecule has 0 radical (unpaired) electrons. The van der Waals surface area contributed by atoms with E-state index in [0.717, 1.165) is 32.1 Å². The van der Waals surface area contributed by atoms with Crippen molar-refractivity contribution >= 4 is 11.9 Å². The molecule has 4 rings (SSSR count). The first-order valence-electron chi connectivity index (χ1n) is 11.1. The Kier molecular flexibility index (Phi) is 4.44. The molecule has 1 heterocycles. The number of carbonyl (C=O) groups excluding carboxylic acids is 2. The lowest BCUT2D eigenvalue weighted by Gasteiger charge is -2.59. The number of hydrogen-bond donors (Lipinski definition) is 1. The third kappa shape index (κ3) is 3.02. The summed E-state index contributed by atoms with van der Waals surface area (Å²) in [5.41, 5.74) is 0.106. The minimum Gasteiger partial charge on any atom is -0.462 e. The summed E-state index contributed by atoms with van der Waals surface area (Å²) in [6, 6.07) is 0. The Morgan fingerprint density at radius 1 is 1.00 bits per heavy atom. The van der Waals surface area contributed by atoms with Gasteiger partial charge in [-0.05, 0) is 88.9 Å². The van der Waals surface area contributed by atoms with Crippen LogP contribution < -0.4 is 5.32 Å². The topological polar surface area (TPSA) is 55.4 Å². The van der Waals surface area contributed by atoms with Crippen molar-refractivity contribution in [2.75, 3.05) is 0 Å². The number of nitrogens with one attached hydrogen (secondary N) is 1. The molecule has 0 aromatic heterocycles. The highest BCUT2D eigenvalue weighted by Gasteiger charge is 2.62. The molecule has 3 aliphatic carbocycles. The maximum Gasteiger partial charge on any atom is 0.306 e. The number of carbonyl (C=O) groups is 2. The highest BCUT2D eigenvalue weighted by molar-refractivity contribution is 5.80. The highest BCUT2D eigenvalue weighted by Crippen LogP contribution is 2.66. The highest BCUT2D eigenvalue weighted by atomic mass is 16.5. The summed E-state index contributed by atoms with van der Waals surface area (Å²) in [5.74, 6) is 2.38. The van der Waals surface area contributed by atoms with Crippen molar-refractivity contribution in [2.45, 2.75) is 97.6 Å². The van der Waals surface area contributed by atoms with E-state index >= 15 is 0 Å². The maximum atomic E-state index is 13.0. The first-order valence-corrected chi connectivity index (χ1v) is 11.1. The van der Waals surface area contributed by atoms with Gasteiger partial charge in [-0.3, -0.25) is 9.59 Å². The van der Waals surface area contributed by atoms with E-state index in [1.54, 1.807) is 0 Å². The van der Waals surface area contributed by atoms with Gasteiger partial charge in [-0.15, -0.1) is 0 Å². The Hall–Kier alpha value is -1.06. The molecule has 4 nitrogen and oxygen atoms in total. The Morgan fingerprint density at radius 2 is 1.70 bits per heavy atom. The van der Waals surface area contributed by atoms with Crippen LogP contribution in [0.3, 0.4) is 0 Å². The van der Waals surface area contributed by atoms with Gasteiger partial charge in [0.1, 0.15) is 6.10 Å². The molecule has 0 bridgehead atoms. The molecule has 0 aromatic carbocycles. The fourth-order valence-electron chi connectivity index (χ4n) is 7.44. The summed E-state index contributed by atoms with van der Waals surface area (Å²) < 4.78 is 5.79. The Labute approximate surface area is 164 Å². The van der Waals surface area contributed by atoms with Crippen LogP contribution in [-0.2, 0) is 14.3 Å². The van der Waals surface area contributed by atoms with Crippen molar-refractivity contribution in [2.24, 2.45) is 34.5 Å². The van der Waals surface area contributed by atoms with E-state index in [-0.39, 0.29) is 40.3 Å². The van der Waals surface area contributed by atoms with Crippen molar-refractivity contribution < 1.29 is 14.3 Å². The minimum absolute atomic E-state index is 0.00338. The third-order valence-corrected chi connectivity index (χ3v) is 8.74. The first-order chi connectivity index (χ1) is 12.5. The van der Waals surface area contributed by atoms with Crippen LogP contribution in [0.5, 0.6) is 0 Å². The Morgan fingerprint density at radius 3 is 2.41 bits per heavy atom. The lowest BCUT2D eigenvalue weighted by molar-refractivity contribution is -0.192. The number of esters is 1. The molecule has 1 aliphatic heterocycles. The number of ether oxygens (including phenoxy) is 1. The van der Waals surface area contributed by atoms with Crippen LogP contribution in [0, 0.1) is 34.5 Å². The zero-order valence-corrected chi connectivity index (χ0v) is 17.8. The molecule has 152 valence electrons. The van der Waals surface area contributed by atoms with E-state index in [1.807, 2.05) is 0 Å². The van der Waals surface area contributed by atoms with Crippen molar-refractivity contribution in [3.63, 3.8) is 0 Å². The van der Waals surface area contributed by atoms with E-state index in [4.69, 9.17) is 4.74 Å². The smallest absolute Gasteiger partial charge is 0.306 e. The van der Waals surface area contributed by atoms with Crippen molar-refractivity contribution in [1.29, 1.82) is 0 Å².